The fourth-order valence-corrected chi connectivity index (χ4v) is 2.85. The molecule has 0 bridgehead atoms. The lowest BCUT2D eigenvalue weighted by Gasteiger charge is -2.22. The molecule has 0 atom stereocenters. The molecule has 2 aromatic rings. The van der Waals surface area contributed by atoms with Crippen molar-refractivity contribution in [2.75, 3.05) is 6.54 Å². The Bertz CT molecular complexity index is 786. The van der Waals surface area contributed by atoms with Crippen molar-refractivity contribution in [2.45, 2.75) is 51.5 Å². The van der Waals surface area contributed by atoms with Crippen LogP contribution in [-0.2, 0) is 12.0 Å². The van der Waals surface area contributed by atoms with Crippen LogP contribution >= 0.6 is 0 Å². The number of phenols is 2. The van der Waals surface area contributed by atoms with Gasteiger partial charge in [-0.3, -0.25) is 9.48 Å². The Balaban J connectivity index is 1.64. The first-order chi connectivity index (χ1) is 11.8. The first-order valence-electron chi connectivity index (χ1n) is 8.65. The van der Waals surface area contributed by atoms with E-state index in [0.29, 0.717) is 24.6 Å². The van der Waals surface area contributed by atoms with Gasteiger partial charge in [0.05, 0.1) is 5.54 Å². The Hall–Kier alpha value is -2.50. The molecule has 1 saturated carbocycles. The molecule has 0 spiro atoms. The number of nitrogens with zero attached hydrogens (tertiary/aromatic N) is 2. The van der Waals surface area contributed by atoms with E-state index in [1.807, 2.05) is 10.7 Å². The van der Waals surface area contributed by atoms with Crippen LogP contribution in [-0.4, -0.2) is 32.4 Å². The molecule has 0 aliphatic heterocycles. The van der Waals surface area contributed by atoms with E-state index in [9.17, 15) is 15.0 Å². The molecule has 134 valence electrons. The van der Waals surface area contributed by atoms with Crippen LogP contribution in [0.3, 0.4) is 0 Å². The zero-order chi connectivity index (χ0) is 18.2. The molecule has 1 aliphatic carbocycles. The summed E-state index contributed by atoms with van der Waals surface area (Å²) in [4.78, 5) is 12.4. The summed E-state index contributed by atoms with van der Waals surface area (Å²) in [6, 6.07) is 6.58. The maximum atomic E-state index is 12.4. The van der Waals surface area contributed by atoms with E-state index in [-0.39, 0.29) is 22.9 Å². The normalized spacial score (nSPS) is 14.5. The van der Waals surface area contributed by atoms with Gasteiger partial charge in [-0.1, -0.05) is 6.07 Å². The summed E-state index contributed by atoms with van der Waals surface area (Å²) in [5.74, 6) is 0.0380. The molecule has 1 aliphatic rings. The predicted molar refractivity (Wildman–Crippen MR) is 95.0 cm³/mol. The van der Waals surface area contributed by atoms with E-state index in [2.05, 4.69) is 31.2 Å². The average Bonchev–Trinajstić information content (AvgIpc) is 3.27. The number of benzene rings is 1. The highest BCUT2D eigenvalue weighted by molar-refractivity contribution is 5.92. The first kappa shape index (κ1) is 17.3. The van der Waals surface area contributed by atoms with Crippen LogP contribution in [0.25, 0.3) is 0 Å². The quantitative estimate of drug-likeness (QED) is 0.729. The molecule has 3 N–H and O–H groups in total. The van der Waals surface area contributed by atoms with Gasteiger partial charge in [-0.15, -0.1) is 0 Å². The molecule has 1 aromatic carbocycles. The average molecular weight is 343 g/mol. The van der Waals surface area contributed by atoms with Crippen molar-refractivity contribution in [1.82, 2.24) is 15.1 Å². The Morgan fingerprint density at radius 2 is 1.96 bits per heavy atom. The van der Waals surface area contributed by atoms with Gasteiger partial charge in [0.25, 0.3) is 5.91 Å². The lowest BCUT2D eigenvalue weighted by atomic mass is 10.1. The third-order valence-corrected chi connectivity index (χ3v) is 4.34. The second-order valence-corrected chi connectivity index (χ2v) is 7.64. The van der Waals surface area contributed by atoms with Crippen molar-refractivity contribution >= 4 is 5.91 Å². The lowest BCUT2D eigenvalue weighted by Crippen LogP contribution is -2.28. The van der Waals surface area contributed by atoms with Gasteiger partial charge >= 0.3 is 0 Å². The topological polar surface area (TPSA) is 87.4 Å². The summed E-state index contributed by atoms with van der Waals surface area (Å²) in [6.07, 6.45) is 2.88. The van der Waals surface area contributed by atoms with E-state index in [1.54, 1.807) is 6.07 Å². The third-order valence-electron chi connectivity index (χ3n) is 4.34. The van der Waals surface area contributed by atoms with Gasteiger partial charge < -0.3 is 15.5 Å². The van der Waals surface area contributed by atoms with E-state index in [1.165, 1.54) is 12.1 Å². The minimum atomic E-state index is -0.187. The number of carbonyl (C=O) groups excluding carboxylic acids is 1. The number of rotatable bonds is 5. The molecule has 25 heavy (non-hydrogen) atoms. The molecule has 0 unspecified atom stereocenters. The Kier molecular flexibility index (Phi) is 4.45. The van der Waals surface area contributed by atoms with Gasteiger partial charge in [-0.25, -0.2) is 0 Å². The van der Waals surface area contributed by atoms with Crippen LogP contribution in [0.1, 0.15) is 61.3 Å². The van der Waals surface area contributed by atoms with Gasteiger partial charge in [0.1, 0.15) is 5.69 Å². The second-order valence-electron chi connectivity index (χ2n) is 7.64. The van der Waals surface area contributed by atoms with Gasteiger partial charge in [0.2, 0.25) is 0 Å². The Morgan fingerprint density at radius 3 is 2.56 bits per heavy atom. The fraction of sp³-hybridized carbons (Fsp3) is 0.474. The largest absolute Gasteiger partial charge is 0.504 e. The molecular formula is C19H25N3O3. The summed E-state index contributed by atoms with van der Waals surface area (Å²) in [5, 5.41) is 26.2. The van der Waals surface area contributed by atoms with Gasteiger partial charge in [-0.05, 0) is 63.8 Å². The molecule has 0 saturated heterocycles. The maximum Gasteiger partial charge on any atom is 0.271 e. The van der Waals surface area contributed by atoms with E-state index >= 15 is 0 Å². The number of hydrogen-bond acceptors (Lipinski definition) is 4. The highest BCUT2D eigenvalue weighted by Gasteiger charge is 2.32. The smallest absolute Gasteiger partial charge is 0.271 e. The summed E-state index contributed by atoms with van der Waals surface area (Å²) < 4.78 is 1.97. The van der Waals surface area contributed by atoms with Crippen molar-refractivity contribution < 1.29 is 15.0 Å². The van der Waals surface area contributed by atoms with Crippen molar-refractivity contribution in [3.05, 3.63) is 41.2 Å². The van der Waals surface area contributed by atoms with Crippen LogP contribution in [0.4, 0.5) is 0 Å². The van der Waals surface area contributed by atoms with Gasteiger partial charge in [-0.2, -0.15) is 5.10 Å². The van der Waals surface area contributed by atoms with Crippen LogP contribution in [0, 0.1) is 0 Å². The maximum absolute atomic E-state index is 12.4. The molecule has 1 heterocycles. The summed E-state index contributed by atoms with van der Waals surface area (Å²) in [7, 11) is 0. The zero-order valence-corrected chi connectivity index (χ0v) is 14.9. The molecular weight excluding hydrogens is 318 g/mol. The Labute approximate surface area is 147 Å². The number of carbonyl (C=O) groups is 1. The van der Waals surface area contributed by atoms with Gasteiger partial charge in [0, 0.05) is 18.2 Å². The minimum absolute atomic E-state index is 0.145. The Morgan fingerprint density at radius 1 is 1.24 bits per heavy atom. The van der Waals surface area contributed by atoms with Crippen molar-refractivity contribution in [3.8, 4) is 11.5 Å². The standard InChI is InChI=1S/C19H25N3O3/c1-19(2,3)22-15(13-5-6-13)11-14(21-22)18(25)20-9-8-12-4-7-16(23)17(24)10-12/h4,7,10-11,13,23-24H,5-6,8-9H2,1-3H3,(H,20,25). The van der Waals surface area contributed by atoms with Crippen molar-refractivity contribution in [2.24, 2.45) is 0 Å². The van der Waals surface area contributed by atoms with Crippen LogP contribution in [0.2, 0.25) is 0 Å². The first-order valence-corrected chi connectivity index (χ1v) is 8.65. The molecule has 6 nitrogen and oxygen atoms in total. The highest BCUT2D eigenvalue weighted by Crippen LogP contribution is 2.41. The predicted octanol–water partition coefficient (Wildman–Crippen LogP) is 2.90. The van der Waals surface area contributed by atoms with Crippen LogP contribution in [0.15, 0.2) is 24.3 Å². The number of phenolic OH excluding ortho intramolecular Hbond substituents is 2. The number of aromatic nitrogens is 2. The molecule has 6 heteroatoms. The van der Waals surface area contributed by atoms with E-state index in [4.69, 9.17) is 0 Å². The van der Waals surface area contributed by atoms with Crippen molar-refractivity contribution in [1.29, 1.82) is 0 Å². The minimum Gasteiger partial charge on any atom is -0.504 e. The fourth-order valence-electron chi connectivity index (χ4n) is 2.85. The second kappa shape index (κ2) is 6.43. The number of hydrogen-bond donors (Lipinski definition) is 3. The monoisotopic (exact) mass is 343 g/mol. The van der Waals surface area contributed by atoms with E-state index < -0.39 is 0 Å². The molecule has 1 aromatic heterocycles. The summed E-state index contributed by atoms with van der Waals surface area (Å²) in [5.41, 5.74) is 2.28. The lowest BCUT2D eigenvalue weighted by molar-refractivity contribution is 0.0947. The third kappa shape index (κ3) is 3.95. The number of amides is 1. The van der Waals surface area contributed by atoms with E-state index in [0.717, 1.165) is 24.1 Å². The summed E-state index contributed by atoms with van der Waals surface area (Å²) >= 11 is 0. The van der Waals surface area contributed by atoms with Crippen LogP contribution in [0.5, 0.6) is 11.5 Å². The zero-order valence-electron chi connectivity index (χ0n) is 14.9. The highest BCUT2D eigenvalue weighted by atomic mass is 16.3. The number of nitrogens with one attached hydrogen (secondary N) is 1. The summed E-state index contributed by atoms with van der Waals surface area (Å²) in [6.45, 7) is 6.70. The number of aromatic hydroxyl groups is 2. The SMILES string of the molecule is CC(C)(C)n1nc(C(=O)NCCc2ccc(O)c(O)c2)cc1C1CC1. The van der Waals surface area contributed by atoms with Crippen LogP contribution < -0.4 is 5.32 Å². The van der Waals surface area contributed by atoms with Gasteiger partial charge in [0.15, 0.2) is 11.5 Å². The van der Waals surface area contributed by atoms with Crippen molar-refractivity contribution in [3.63, 3.8) is 0 Å². The molecule has 0 radical (unpaired) electrons. The molecule has 1 amide bonds. The molecule has 1 fully saturated rings. The molecule has 3 rings (SSSR count).